The number of hydrogen-bond acceptors (Lipinski definition) is 5. The summed E-state index contributed by atoms with van der Waals surface area (Å²) in [7, 11) is 0. The monoisotopic (exact) mass is 581 g/mol. The number of nitrogens with one attached hydrogen (secondary N) is 1. The van der Waals surface area contributed by atoms with E-state index in [1.54, 1.807) is 0 Å². The van der Waals surface area contributed by atoms with Crippen LogP contribution >= 0.6 is 0 Å². The van der Waals surface area contributed by atoms with Crippen LogP contribution in [-0.4, -0.2) is 22.8 Å². The Kier molecular flexibility index (Phi) is 8.46. The predicted molar refractivity (Wildman–Crippen MR) is 171 cm³/mol. The molecule has 6 rings (SSSR count). The molecule has 6 aromatic rings. The zero-order valence-corrected chi connectivity index (χ0v) is 24.0. The molecule has 7 nitrogen and oxygen atoms in total. The molecule has 44 heavy (non-hydrogen) atoms. The Balaban J connectivity index is 1.26. The van der Waals surface area contributed by atoms with E-state index in [9.17, 15) is 9.59 Å². The minimum Gasteiger partial charge on any atom is -0.485 e. The largest absolute Gasteiger partial charge is 0.485 e. The standard InChI is InChI=1S/C37H31N3O4/c38-36(41)32(40-37(42)35-28-15-7-9-17-30(28)39-31-18-10-8-16-29(31)35)21-27-19-20-33(43-23-25-11-3-1-4-12-25)34(22-27)44-24-26-13-5-2-6-14-26/h1-20,22,32H,21,23-24H2,(H2,38,41)(H,40,42)/t32-/m1/s1. The van der Waals surface area contributed by atoms with Crippen LogP contribution in [0, 0.1) is 0 Å². The number of aromatic nitrogens is 1. The number of amides is 2. The molecule has 0 fully saturated rings. The minimum absolute atomic E-state index is 0.169. The van der Waals surface area contributed by atoms with E-state index >= 15 is 0 Å². The van der Waals surface area contributed by atoms with Crippen molar-refractivity contribution < 1.29 is 19.1 Å². The lowest BCUT2D eigenvalue weighted by molar-refractivity contribution is -0.119. The van der Waals surface area contributed by atoms with Gasteiger partial charge in [-0.3, -0.25) is 9.59 Å². The van der Waals surface area contributed by atoms with E-state index in [1.165, 1.54) is 0 Å². The number of pyridine rings is 1. The van der Waals surface area contributed by atoms with Crippen LogP contribution in [0.4, 0.5) is 0 Å². The SMILES string of the molecule is NC(=O)[C@@H](Cc1ccc(OCc2ccccc2)c(OCc2ccccc2)c1)NC(=O)c1c2ccccc2nc2ccccc12. The van der Waals surface area contributed by atoms with Crippen molar-refractivity contribution in [3.63, 3.8) is 0 Å². The maximum Gasteiger partial charge on any atom is 0.253 e. The first-order valence-electron chi connectivity index (χ1n) is 14.4. The second-order valence-electron chi connectivity index (χ2n) is 10.5. The third kappa shape index (κ3) is 6.52. The summed E-state index contributed by atoms with van der Waals surface area (Å²) in [6, 6.07) is 39.2. The van der Waals surface area contributed by atoms with Gasteiger partial charge in [-0.15, -0.1) is 0 Å². The van der Waals surface area contributed by atoms with Gasteiger partial charge >= 0.3 is 0 Å². The fraction of sp³-hybridized carbons (Fsp3) is 0.108. The molecule has 7 heteroatoms. The van der Waals surface area contributed by atoms with Gasteiger partial charge in [0.05, 0.1) is 16.6 Å². The highest BCUT2D eigenvalue weighted by atomic mass is 16.5. The smallest absolute Gasteiger partial charge is 0.253 e. The number of para-hydroxylation sites is 2. The van der Waals surface area contributed by atoms with Gasteiger partial charge in [0.15, 0.2) is 11.5 Å². The molecule has 0 spiro atoms. The quantitative estimate of drug-likeness (QED) is 0.173. The lowest BCUT2D eigenvalue weighted by Crippen LogP contribution is -2.46. The molecule has 0 aliphatic carbocycles. The molecule has 0 aliphatic rings. The first-order valence-corrected chi connectivity index (χ1v) is 14.4. The predicted octanol–water partition coefficient (Wildman–Crippen LogP) is 6.37. The number of carbonyl (C=O) groups is 2. The molecule has 0 radical (unpaired) electrons. The Labute approximate surface area is 255 Å². The highest BCUT2D eigenvalue weighted by Crippen LogP contribution is 2.31. The molecule has 0 saturated carbocycles. The summed E-state index contributed by atoms with van der Waals surface area (Å²) in [6.45, 7) is 0.708. The van der Waals surface area contributed by atoms with Gasteiger partial charge < -0.3 is 20.5 Å². The zero-order valence-electron chi connectivity index (χ0n) is 24.0. The second-order valence-corrected chi connectivity index (χ2v) is 10.5. The van der Waals surface area contributed by atoms with Gasteiger partial charge in [0.25, 0.3) is 5.91 Å². The van der Waals surface area contributed by atoms with Crippen LogP contribution in [0.5, 0.6) is 11.5 Å². The fourth-order valence-electron chi connectivity index (χ4n) is 5.16. The summed E-state index contributed by atoms with van der Waals surface area (Å²) in [5.41, 5.74) is 10.5. The number of ether oxygens (including phenoxy) is 2. The summed E-state index contributed by atoms with van der Waals surface area (Å²) in [5, 5.41) is 4.29. The molecule has 1 atom stereocenters. The van der Waals surface area contributed by atoms with Gasteiger partial charge in [0.2, 0.25) is 5.91 Å². The molecule has 1 heterocycles. The van der Waals surface area contributed by atoms with E-state index < -0.39 is 17.9 Å². The van der Waals surface area contributed by atoms with Gasteiger partial charge in [-0.25, -0.2) is 4.98 Å². The maximum atomic E-state index is 13.8. The van der Waals surface area contributed by atoms with Crippen molar-refractivity contribution in [3.8, 4) is 11.5 Å². The summed E-state index contributed by atoms with van der Waals surface area (Å²) in [5.74, 6) is 0.0648. The highest BCUT2D eigenvalue weighted by Gasteiger charge is 2.23. The molecule has 3 N–H and O–H groups in total. The lowest BCUT2D eigenvalue weighted by Gasteiger charge is -2.19. The van der Waals surface area contributed by atoms with Crippen LogP contribution in [0.1, 0.15) is 27.0 Å². The number of nitrogens with two attached hydrogens (primary N) is 1. The van der Waals surface area contributed by atoms with Gasteiger partial charge in [0.1, 0.15) is 19.3 Å². The molecule has 0 unspecified atom stereocenters. The molecule has 2 amide bonds. The zero-order chi connectivity index (χ0) is 30.3. The van der Waals surface area contributed by atoms with Gasteiger partial charge in [-0.2, -0.15) is 0 Å². The van der Waals surface area contributed by atoms with E-state index in [-0.39, 0.29) is 6.42 Å². The molecular weight excluding hydrogens is 550 g/mol. The molecule has 5 aromatic carbocycles. The van der Waals surface area contributed by atoms with Crippen LogP contribution in [0.15, 0.2) is 127 Å². The number of carbonyl (C=O) groups excluding carboxylic acids is 2. The Bertz CT molecular complexity index is 1870. The lowest BCUT2D eigenvalue weighted by atomic mass is 10.00. The number of fused-ring (bicyclic) bond motifs is 2. The first kappa shape index (κ1) is 28.4. The number of hydrogen-bond donors (Lipinski definition) is 2. The average Bonchev–Trinajstić information content (AvgIpc) is 3.06. The average molecular weight is 582 g/mol. The summed E-state index contributed by atoms with van der Waals surface area (Å²) >= 11 is 0. The number of benzene rings is 5. The van der Waals surface area contributed by atoms with Crippen molar-refractivity contribution in [2.24, 2.45) is 5.73 Å². The molecule has 1 aromatic heterocycles. The van der Waals surface area contributed by atoms with Crippen molar-refractivity contribution >= 4 is 33.6 Å². The maximum absolute atomic E-state index is 13.8. The van der Waals surface area contributed by atoms with Gasteiger partial charge in [-0.05, 0) is 41.0 Å². The second kappa shape index (κ2) is 13.1. The highest BCUT2D eigenvalue weighted by molar-refractivity contribution is 6.16. The molecule has 218 valence electrons. The molecule has 0 aliphatic heterocycles. The fourth-order valence-corrected chi connectivity index (χ4v) is 5.16. The van der Waals surface area contributed by atoms with Gasteiger partial charge in [0, 0.05) is 17.2 Å². The van der Waals surface area contributed by atoms with E-state index in [0.717, 1.165) is 16.7 Å². The summed E-state index contributed by atoms with van der Waals surface area (Å²) in [6.07, 6.45) is 0.169. The molecular formula is C37H31N3O4. The summed E-state index contributed by atoms with van der Waals surface area (Å²) < 4.78 is 12.3. The van der Waals surface area contributed by atoms with Crippen molar-refractivity contribution in [2.45, 2.75) is 25.7 Å². The van der Waals surface area contributed by atoms with Crippen LogP contribution in [-0.2, 0) is 24.4 Å². The van der Waals surface area contributed by atoms with Gasteiger partial charge in [-0.1, -0.05) is 103 Å². The Morgan fingerprint density at radius 2 is 1.16 bits per heavy atom. The Morgan fingerprint density at radius 3 is 1.73 bits per heavy atom. The van der Waals surface area contributed by atoms with Crippen molar-refractivity contribution in [2.75, 3.05) is 0 Å². The Morgan fingerprint density at radius 1 is 0.636 bits per heavy atom. The Hall–Kier alpha value is -5.69. The molecule has 0 saturated heterocycles. The number of primary amides is 1. The van der Waals surface area contributed by atoms with Crippen molar-refractivity contribution in [1.29, 1.82) is 0 Å². The molecule has 0 bridgehead atoms. The van der Waals surface area contributed by atoms with E-state index in [2.05, 4.69) is 5.32 Å². The topological polar surface area (TPSA) is 104 Å². The van der Waals surface area contributed by atoms with E-state index in [0.29, 0.717) is 52.1 Å². The van der Waals surface area contributed by atoms with E-state index in [1.807, 2.05) is 127 Å². The third-order valence-corrected chi connectivity index (χ3v) is 7.39. The van der Waals surface area contributed by atoms with Crippen LogP contribution in [0.25, 0.3) is 21.8 Å². The van der Waals surface area contributed by atoms with Crippen molar-refractivity contribution in [3.05, 3.63) is 150 Å². The van der Waals surface area contributed by atoms with Crippen molar-refractivity contribution in [1.82, 2.24) is 10.3 Å². The van der Waals surface area contributed by atoms with E-state index in [4.69, 9.17) is 20.2 Å². The van der Waals surface area contributed by atoms with Crippen LogP contribution in [0.2, 0.25) is 0 Å². The first-order chi connectivity index (χ1) is 21.5. The summed E-state index contributed by atoms with van der Waals surface area (Å²) in [4.78, 5) is 31.1. The van der Waals surface area contributed by atoms with Crippen LogP contribution < -0.4 is 20.5 Å². The number of rotatable bonds is 11. The van der Waals surface area contributed by atoms with Crippen LogP contribution in [0.3, 0.4) is 0 Å². The number of nitrogens with zero attached hydrogens (tertiary/aromatic N) is 1. The third-order valence-electron chi connectivity index (χ3n) is 7.39. The normalized spacial score (nSPS) is 11.6. The minimum atomic E-state index is -0.966.